The Morgan fingerprint density at radius 2 is 1.82 bits per heavy atom. The lowest BCUT2D eigenvalue weighted by Gasteiger charge is -2.42. The largest absolute Gasteiger partial charge is 0.367 e. The summed E-state index contributed by atoms with van der Waals surface area (Å²) in [5, 5.41) is 0. The molecule has 194 valence electrons. The van der Waals surface area contributed by atoms with Crippen LogP contribution in [0.1, 0.15) is 34.0 Å². The lowest BCUT2D eigenvalue weighted by Crippen LogP contribution is -2.55. The second-order valence-corrected chi connectivity index (χ2v) is 10.4. The predicted octanol–water partition coefficient (Wildman–Crippen LogP) is 3.68. The third-order valence-corrected chi connectivity index (χ3v) is 7.80. The summed E-state index contributed by atoms with van der Waals surface area (Å²) in [5.74, 6) is 0.155. The molecule has 0 radical (unpaired) electrons. The molecule has 1 fully saturated rings. The number of aromatic nitrogens is 3. The summed E-state index contributed by atoms with van der Waals surface area (Å²) in [6.07, 6.45) is 4.26. The first kappa shape index (κ1) is 24.2. The van der Waals surface area contributed by atoms with E-state index in [1.54, 1.807) is 12.5 Å². The molecule has 1 atom stereocenters. The number of hydrogen-bond acceptors (Lipinski definition) is 5. The van der Waals surface area contributed by atoms with Crippen LogP contribution in [0.4, 0.5) is 5.69 Å². The zero-order chi connectivity index (χ0) is 26.2. The van der Waals surface area contributed by atoms with Gasteiger partial charge in [0.25, 0.3) is 5.91 Å². The Balaban J connectivity index is 1.16. The third-order valence-electron chi connectivity index (χ3n) is 7.80. The van der Waals surface area contributed by atoms with Crippen LogP contribution in [0, 0.1) is 6.92 Å². The van der Waals surface area contributed by atoms with Gasteiger partial charge >= 0.3 is 0 Å². The Kier molecular flexibility index (Phi) is 6.31. The smallest absolute Gasteiger partial charge is 0.254 e. The van der Waals surface area contributed by atoms with Crippen LogP contribution in [0.2, 0.25) is 0 Å². The van der Waals surface area contributed by atoms with Crippen molar-refractivity contribution < 1.29 is 9.59 Å². The van der Waals surface area contributed by atoms with Crippen LogP contribution in [-0.4, -0.2) is 68.4 Å². The molecule has 4 aromatic rings. The van der Waals surface area contributed by atoms with E-state index in [9.17, 15) is 9.59 Å². The fourth-order valence-corrected chi connectivity index (χ4v) is 5.71. The van der Waals surface area contributed by atoms with Gasteiger partial charge in [-0.1, -0.05) is 29.8 Å². The number of aryl methyl sites for hydroxylation is 1. The molecular weight excluding hydrogens is 476 g/mol. The number of rotatable bonds is 4. The van der Waals surface area contributed by atoms with Crippen molar-refractivity contribution in [3.05, 3.63) is 89.4 Å². The van der Waals surface area contributed by atoms with Gasteiger partial charge in [-0.15, -0.1) is 0 Å². The van der Waals surface area contributed by atoms with E-state index in [0.717, 1.165) is 48.3 Å². The molecular formula is C30H32N6O2. The molecule has 4 heterocycles. The van der Waals surface area contributed by atoms with Crippen LogP contribution in [-0.2, 0) is 24.3 Å². The Labute approximate surface area is 222 Å². The molecule has 1 saturated heterocycles. The van der Waals surface area contributed by atoms with Crippen molar-refractivity contribution in [3.8, 4) is 0 Å². The van der Waals surface area contributed by atoms with Gasteiger partial charge in [-0.25, -0.2) is 9.97 Å². The van der Waals surface area contributed by atoms with Crippen molar-refractivity contribution >= 4 is 28.7 Å². The lowest BCUT2D eigenvalue weighted by molar-refractivity contribution is -0.134. The first-order valence-electron chi connectivity index (χ1n) is 13.2. The third kappa shape index (κ3) is 4.51. The Bertz CT molecular complexity index is 1490. The monoisotopic (exact) mass is 508 g/mol. The van der Waals surface area contributed by atoms with E-state index in [4.69, 9.17) is 0 Å². The molecule has 8 heteroatoms. The van der Waals surface area contributed by atoms with Crippen LogP contribution in [0.3, 0.4) is 0 Å². The second kappa shape index (κ2) is 9.93. The fraction of sp³-hybridized carbons (Fsp3) is 0.333. The zero-order valence-corrected chi connectivity index (χ0v) is 21.9. The van der Waals surface area contributed by atoms with Crippen LogP contribution in [0.25, 0.3) is 11.2 Å². The molecule has 1 unspecified atom stereocenters. The van der Waals surface area contributed by atoms with Crippen LogP contribution in [0.15, 0.2) is 67.1 Å². The number of pyridine rings is 1. The second-order valence-electron chi connectivity index (χ2n) is 10.4. The topological polar surface area (TPSA) is 74.6 Å². The van der Waals surface area contributed by atoms with Crippen molar-refractivity contribution in [2.75, 3.05) is 31.1 Å². The van der Waals surface area contributed by atoms with E-state index in [1.807, 2.05) is 57.7 Å². The normalized spacial score (nSPS) is 17.5. The minimum absolute atomic E-state index is 0.0590. The molecule has 0 saturated carbocycles. The first-order valence-corrected chi connectivity index (χ1v) is 13.2. The van der Waals surface area contributed by atoms with Crippen LogP contribution >= 0.6 is 0 Å². The maximum absolute atomic E-state index is 13.3. The van der Waals surface area contributed by atoms with Crippen molar-refractivity contribution in [1.82, 2.24) is 24.3 Å². The van der Waals surface area contributed by atoms with E-state index in [2.05, 4.69) is 40.0 Å². The average molecular weight is 509 g/mol. The predicted molar refractivity (Wildman–Crippen MR) is 147 cm³/mol. The Morgan fingerprint density at radius 1 is 0.974 bits per heavy atom. The van der Waals surface area contributed by atoms with Crippen LogP contribution < -0.4 is 4.90 Å². The van der Waals surface area contributed by atoms with Gasteiger partial charge in [0, 0.05) is 56.2 Å². The Morgan fingerprint density at radius 3 is 2.63 bits per heavy atom. The van der Waals surface area contributed by atoms with Gasteiger partial charge in [-0.3, -0.25) is 9.59 Å². The lowest BCUT2D eigenvalue weighted by atomic mass is 9.96. The van der Waals surface area contributed by atoms with E-state index < -0.39 is 0 Å². The number of imidazole rings is 1. The summed E-state index contributed by atoms with van der Waals surface area (Å²) < 4.78 is 1.82. The highest BCUT2D eigenvalue weighted by Crippen LogP contribution is 2.31. The molecule has 0 bridgehead atoms. The van der Waals surface area contributed by atoms with Crippen molar-refractivity contribution in [2.24, 2.45) is 0 Å². The van der Waals surface area contributed by atoms with Crippen molar-refractivity contribution in [2.45, 2.75) is 39.4 Å². The maximum Gasteiger partial charge on any atom is 0.254 e. The van der Waals surface area contributed by atoms with Gasteiger partial charge in [0.1, 0.15) is 12.1 Å². The molecule has 2 aromatic carbocycles. The Hall–Kier alpha value is -4.20. The van der Waals surface area contributed by atoms with E-state index >= 15 is 0 Å². The number of fused-ring (bicyclic) bond motifs is 2. The van der Waals surface area contributed by atoms with E-state index in [-0.39, 0.29) is 24.4 Å². The highest BCUT2D eigenvalue weighted by Gasteiger charge is 2.31. The molecule has 0 spiro atoms. The summed E-state index contributed by atoms with van der Waals surface area (Å²) in [4.78, 5) is 41.6. The quantitative estimate of drug-likeness (QED) is 0.421. The molecule has 2 aromatic heterocycles. The van der Waals surface area contributed by atoms with Gasteiger partial charge < -0.3 is 19.3 Å². The van der Waals surface area contributed by atoms with Crippen molar-refractivity contribution in [1.29, 1.82) is 0 Å². The molecule has 2 aliphatic rings. The van der Waals surface area contributed by atoms with Gasteiger partial charge in [0.05, 0.1) is 6.33 Å². The molecule has 2 amide bonds. The molecule has 0 N–H and O–H groups in total. The number of amides is 2. The molecule has 6 rings (SSSR count). The molecule has 38 heavy (non-hydrogen) atoms. The minimum Gasteiger partial charge on any atom is -0.367 e. The number of carbonyl (C=O) groups excluding carboxylic acids is 2. The standard InChI is InChI=1S/C30H32N6O2/c1-21-8-10-24(11-9-21)30(38)34-14-12-23-5-3-7-27(25(23)18-34)33-15-16-36(22(2)17-33)28(37)19-35-20-32-26-6-4-13-31-29(26)35/h3-11,13,20,22H,12,14-19H2,1-2H3. The zero-order valence-electron chi connectivity index (χ0n) is 21.9. The number of benzene rings is 2. The van der Waals surface area contributed by atoms with Gasteiger partial charge in [-0.05, 0) is 61.7 Å². The number of anilines is 1. The summed E-state index contributed by atoms with van der Waals surface area (Å²) in [6.45, 7) is 7.84. The van der Waals surface area contributed by atoms with Crippen molar-refractivity contribution in [3.63, 3.8) is 0 Å². The van der Waals surface area contributed by atoms with E-state index in [0.29, 0.717) is 13.1 Å². The summed E-state index contributed by atoms with van der Waals surface area (Å²) in [6, 6.07) is 18.1. The maximum atomic E-state index is 13.3. The number of piperazine rings is 1. The van der Waals surface area contributed by atoms with Crippen LogP contribution in [0.5, 0.6) is 0 Å². The van der Waals surface area contributed by atoms with E-state index in [1.165, 1.54) is 16.8 Å². The fourth-order valence-electron chi connectivity index (χ4n) is 5.71. The average Bonchev–Trinajstić information content (AvgIpc) is 3.35. The van der Waals surface area contributed by atoms with Gasteiger partial charge in [0.2, 0.25) is 5.91 Å². The SMILES string of the molecule is Cc1ccc(C(=O)N2CCc3cccc(N4CCN(C(=O)Cn5cnc6cccnc65)C(C)C4)c3C2)cc1. The first-order chi connectivity index (χ1) is 18.5. The number of nitrogens with zero attached hydrogens (tertiary/aromatic N) is 6. The summed E-state index contributed by atoms with van der Waals surface area (Å²) in [5.41, 5.74) is 7.11. The molecule has 2 aliphatic heterocycles. The summed E-state index contributed by atoms with van der Waals surface area (Å²) >= 11 is 0. The minimum atomic E-state index is 0.0590. The number of hydrogen-bond donors (Lipinski definition) is 0. The molecule has 8 nitrogen and oxygen atoms in total. The number of carbonyl (C=O) groups is 2. The van der Waals surface area contributed by atoms with Gasteiger partial charge in [0.15, 0.2) is 5.65 Å². The highest BCUT2D eigenvalue weighted by atomic mass is 16.2. The summed E-state index contributed by atoms with van der Waals surface area (Å²) in [7, 11) is 0. The van der Waals surface area contributed by atoms with Gasteiger partial charge in [-0.2, -0.15) is 0 Å². The molecule has 0 aliphatic carbocycles. The highest BCUT2D eigenvalue weighted by molar-refractivity contribution is 5.94.